The van der Waals surface area contributed by atoms with Crippen LogP contribution in [0.5, 0.6) is 0 Å². The van der Waals surface area contributed by atoms with E-state index in [0.717, 1.165) is 18.0 Å². The Labute approximate surface area is 108 Å². The zero-order chi connectivity index (χ0) is 11.7. The molecule has 3 rings (SSSR count). The van der Waals surface area contributed by atoms with Crippen LogP contribution < -0.4 is 0 Å². The number of halogens is 1. The lowest BCUT2D eigenvalue weighted by atomic mass is 9.98. The van der Waals surface area contributed by atoms with Gasteiger partial charge in [-0.05, 0) is 38.5 Å². The van der Waals surface area contributed by atoms with E-state index in [0.29, 0.717) is 6.04 Å². The van der Waals surface area contributed by atoms with E-state index in [1.807, 2.05) is 0 Å². The molecular weight excluding hydrogens is 232 g/mol. The van der Waals surface area contributed by atoms with Crippen molar-refractivity contribution in [2.24, 2.45) is 0 Å². The maximum atomic E-state index is 6.53. The van der Waals surface area contributed by atoms with Crippen LogP contribution >= 0.6 is 11.6 Å². The third-order valence-corrected chi connectivity index (χ3v) is 4.69. The molecule has 0 aromatic carbocycles. The van der Waals surface area contributed by atoms with Gasteiger partial charge in [-0.1, -0.05) is 37.3 Å². The highest BCUT2D eigenvalue weighted by atomic mass is 35.5. The summed E-state index contributed by atoms with van der Waals surface area (Å²) in [6.45, 7) is 0. The summed E-state index contributed by atoms with van der Waals surface area (Å²) in [5.74, 6) is 0. The normalized spacial score (nSPS) is 22.2. The minimum absolute atomic E-state index is 0.565. The first kappa shape index (κ1) is 11.6. The van der Waals surface area contributed by atoms with E-state index in [-0.39, 0.29) is 0 Å². The Bertz CT molecular complexity index is 389. The molecule has 2 nitrogen and oxygen atoms in total. The monoisotopic (exact) mass is 252 g/mol. The molecular formula is C14H21ClN2. The standard InChI is InChI=1S/C14H21ClN2/c15-14-12-9-5-6-10-13(12)16-17(14)11-7-3-1-2-4-8-11/h11H,1-10H2. The minimum Gasteiger partial charge on any atom is -0.250 e. The number of fused-ring (bicyclic) bond motifs is 1. The van der Waals surface area contributed by atoms with Crippen LogP contribution in [0.25, 0.3) is 0 Å². The van der Waals surface area contributed by atoms with Gasteiger partial charge >= 0.3 is 0 Å². The first-order valence-corrected chi connectivity index (χ1v) is 7.50. The number of nitrogens with zero attached hydrogens (tertiary/aromatic N) is 2. The van der Waals surface area contributed by atoms with Crippen LogP contribution in [-0.2, 0) is 12.8 Å². The molecule has 0 bridgehead atoms. The molecule has 1 fully saturated rings. The van der Waals surface area contributed by atoms with Crippen LogP contribution in [0.2, 0.25) is 5.15 Å². The van der Waals surface area contributed by atoms with Gasteiger partial charge in [-0.15, -0.1) is 0 Å². The summed E-state index contributed by atoms with van der Waals surface area (Å²) in [6.07, 6.45) is 12.8. The molecule has 94 valence electrons. The first-order chi connectivity index (χ1) is 8.36. The zero-order valence-electron chi connectivity index (χ0n) is 10.4. The van der Waals surface area contributed by atoms with Crippen molar-refractivity contribution in [3.8, 4) is 0 Å². The second-order valence-corrected chi connectivity index (χ2v) is 5.87. The van der Waals surface area contributed by atoms with Crippen molar-refractivity contribution in [3.63, 3.8) is 0 Å². The van der Waals surface area contributed by atoms with Gasteiger partial charge in [0.2, 0.25) is 0 Å². The molecule has 2 aliphatic carbocycles. The minimum atomic E-state index is 0.565. The summed E-state index contributed by atoms with van der Waals surface area (Å²) in [7, 11) is 0. The molecule has 1 saturated carbocycles. The summed E-state index contributed by atoms with van der Waals surface area (Å²) in [4.78, 5) is 0. The highest BCUT2D eigenvalue weighted by molar-refractivity contribution is 6.30. The Morgan fingerprint density at radius 3 is 2.35 bits per heavy atom. The number of rotatable bonds is 1. The Morgan fingerprint density at radius 1 is 0.941 bits per heavy atom. The van der Waals surface area contributed by atoms with Gasteiger partial charge in [0.25, 0.3) is 0 Å². The van der Waals surface area contributed by atoms with Gasteiger partial charge in [-0.2, -0.15) is 5.10 Å². The average Bonchev–Trinajstić information content (AvgIpc) is 2.57. The second-order valence-electron chi connectivity index (χ2n) is 5.51. The molecule has 0 aliphatic heterocycles. The van der Waals surface area contributed by atoms with Crippen LogP contribution in [-0.4, -0.2) is 9.78 Å². The molecule has 17 heavy (non-hydrogen) atoms. The fraction of sp³-hybridized carbons (Fsp3) is 0.786. The molecule has 2 aliphatic rings. The van der Waals surface area contributed by atoms with Crippen LogP contribution in [0, 0.1) is 0 Å². The molecule has 3 heteroatoms. The third-order valence-electron chi connectivity index (χ3n) is 4.29. The average molecular weight is 253 g/mol. The fourth-order valence-corrected chi connectivity index (χ4v) is 3.66. The number of aryl methyl sites for hydroxylation is 1. The van der Waals surface area contributed by atoms with E-state index < -0.39 is 0 Å². The second kappa shape index (κ2) is 5.01. The summed E-state index contributed by atoms with van der Waals surface area (Å²) < 4.78 is 2.16. The number of hydrogen-bond acceptors (Lipinski definition) is 1. The van der Waals surface area contributed by atoms with Crippen molar-refractivity contribution in [1.82, 2.24) is 9.78 Å². The highest BCUT2D eigenvalue weighted by Gasteiger charge is 2.24. The van der Waals surface area contributed by atoms with Crippen molar-refractivity contribution < 1.29 is 0 Å². The van der Waals surface area contributed by atoms with Gasteiger partial charge in [0, 0.05) is 5.56 Å². The van der Waals surface area contributed by atoms with Crippen molar-refractivity contribution >= 4 is 11.6 Å². The molecule has 0 atom stereocenters. The van der Waals surface area contributed by atoms with E-state index in [2.05, 4.69) is 4.68 Å². The molecule has 1 aromatic heterocycles. The molecule has 0 amide bonds. The van der Waals surface area contributed by atoms with Crippen LogP contribution in [0.4, 0.5) is 0 Å². The molecule has 0 N–H and O–H groups in total. The van der Waals surface area contributed by atoms with Gasteiger partial charge in [0.15, 0.2) is 0 Å². The quantitative estimate of drug-likeness (QED) is 0.681. The maximum absolute atomic E-state index is 6.53. The first-order valence-electron chi connectivity index (χ1n) is 7.12. The predicted molar refractivity (Wildman–Crippen MR) is 70.6 cm³/mol. The third kappa shape index (κ3) is 2.24. The summed E-state index contributed by atoms with van der Waals surface area (Å²) in [6, 6.07) is 0.565. The van der Waals surface area contributed by atoms with Gasteiger partial charge in [-0.25, -0.2) is 0 Å². The molecule has 1 heterocycles. The largest absolute Gasteiger partial charge is 0.250 e. The van der Waals surface area contributed by atoms with E-state index in [1.54, 1.807) is 0 Å². The van der Waals surface area contributed by atoms with Crippen LogP contribution in [0.3, 0.4) is 0 Å². The molecule has 0 saturated heterocycles. The Morgan fingerprint density at radius 2 is 1.65 bits per heavy atom. The van der Waals surface area contributed by atoms with E-state index in [4.69, 9.17) is 16.7 Å². The summed E-state index contributed by atoms with van der Waals surface area (Å²) >= 11 is 6.53. The molecule has 1 aromatic rings. The van der Waals surface area contributed by atoms with Gasteiger partial charge in [0.1, 0.15) is 5.15 Å². The van der Waals surface area contributed by atoms with E-state index in [1.165, 1.54) is 62.6 Å². The molecule has 0 radical (unpaired) electrons. The van der Waals surface area contributed by atoms with Crippen molar-refractivity contribution in [1.29, 1.82) is 0 Å². The van der Waals surface area contributed by atoms with Crippen LogP contribution in [0.15, 0.2) is 0 Å². The Hall–Kier alpha value is -0.500. The van der Waals surface area contributed by atoms with Gasteiger partial charge < -0.3 is 0 Å². The van der Waals surface area contributed by atoms with Crippen molar-refractivity contribution in [2.75, 3.05) is 0 Å². The molecule has 0 spiro atoms. The summed E-state index contributed by atoms with van der Waals surface area (Å²) in [5.41, 5.74) is 2.63. The Kier molecular flexibility index (Phi) is 3.41. The topological polar surface area (TPSA) is 17.8 Å². The smallest absolute Gasteiger partial charge is 0.130 e. The lowest BCUT2D eigenvalue weighted by molar-refractivity contribution is 0.403. The number of hydrogen-bond donors (Lipinski definition) is 0. The zero-order valence-corrected chi connectivity index (χ0v) is 11.2. The van der Waals surface area contributed by atoms with Crippen molar-refractivity contribution in [3.05, 3.63) is 16.4 Å². The fourth-order valence-electron chi connectivity index (χ4n) is 3.28. The SMILES string of the molecule is Clc1c2c(nn1C1CCCCCC1)CCCC2. The highest BCUT2D eigenvalue weighted by Crippen LogP contribution is 2.34. The maximum Gasteiger partial charge on any atom is 0.130 e. The van der Waals surface area contributed by atoms with Crippen molar-refractivity contribution in [2.45, 2.75) is 70.3 Å². The van der Waals surface area contributed by atoms with Gasteiger partial charge in [-0.3, -0.25) is 4.68 Å². The van der Waals surface area contributed by atoms with Crippen LogP contribution in [0.1, 0.15) is 68.7 Å². The molecule has 0 unspecified atom stereocenters. The van der Waals surface area contributed by atoms with E-state index >= 15 is 0 Å². The van der Waals surface area contributed by atoms with Gasteiger partial charge in [0.05, 0.1) is 11.7 Å². The summed E-state index contributed by atoms with van der Waals surface area (Å²) in [5, 5.41) is 5.75. The lowest BCUT2D eigenvalue weighted by Gasteiger charge is -2.15. The lowest BCUT2D eigenvalue weighted by Crippen LogP contribution is -2.10. The van der Waals surface area contributed by atoms with E-state index in [9.17, 15) is 0 Å². The Balaban J connectivity index is 1.88. The number of aromatic nitrogens is 2. The predicted octanol–water partition coefficient (Wildman–Crippen LogP) is 4.31.